The molecule has 0 aliphatic carbocycles. The average Bonchev–Trinajstić information content (AvgIpc) is 2.70. The highest BCUT2D eigenvalue weighted by Crippen LogP contribution is 2.33. The molecular weight excluding hydrogens is 234 g/mol. The normalized spacial score (nSPS) is 23.7. The largest absolute Gasteiger partial charge is 0.467 e. The minimum Gasteiger partial charge on any atom is -0.467 e. The van der Waals surface area contributed by atoms with Crippen LogP contribution in [0.25, 0.3) is 0 Å². The van der Waals surface area contributed by atoms with Crippen molar-refractivity contribution in [3.8, 4) is 0 Å². The molecule has 0 radical (unpaired) electrons. The first-order valence-corrected chi connectivity index (χ1v) is 5.99. The van der Waals surface area contributed by atoms with Gasteiger partial charge in [0.15, 0.2) is 5.54 Å². The summed E-state index contributed by atoms with van der Waals surface area (Å²) >= 11 is 0. The minimum atomic E-state index is -1.09. The molecule has 1 aliphatic heterocycles. The van der Waals surface area contributed by atoms with Crippen LogP contribution in [0, 0.1) is 0 Å². The van der Waals surface area contributed by atoms with Gasteiger partial charge in [-0.3, -0.25) is 4.90 Å². The zero-order chi connectivity index (χ0) is 14.0. The number of esters is 1. The van der Waals surface area contributed by atoms with E-state index in [1.807, 2.05) is 0 Å². The Morgan fingerprint density at radius 3 is 2.44 bits per heavy atom. The third kappa shape index (κ3) is 2.66. The molecule has 1 amide bonds. The standard InChI is InChI=1S/C13H21NO4/c1-6-13(10(15)17-5)8-7-9-14(13)11(16)18-12(2,3)4/h6H,1,7-9H2,2-5H3/t13-/m1/s1. The molecular formula is C13H21NO4. The van der Waals surface area contributed by atoms with E-state index in [0.29, 0.717) is 13.0 Å². The zero-order valence-electron chi connectivity index (χ0n) is 11.5. The minimum absolute atomic E-state index is 0.468. The van der Waals surface area contributed by atoms with E-state index in [-0.39, 0.29) is 0 Å². The van der Waals surface area contributed by atoms with Gasteiger partial charge in [0.25, 0.3) is 0 Å². The number of ether oxygens (including phenoxy) is 2. The van der Waals surface area contributed by atoms with Crippen LogP contribution >= 0.6 is 0 Å². The summed E-state index contributed by atoms with van der Waals surface area (Å²) in [5.74, 6) is -0.471. The molecule has 1 heterocycles. The van der Waals surface area contributed by atoms with Gasteiger partial charge in [-0.2, -0.15) is 0 Å². The number of likely N-dealkylation sites (tertiary alicyclic amines) is 1. The summed E-state index contributed by atoms with van der Waals surface area (Å²) in [5.41, 5.74) is -1.68. The molecule has 102 valence electrons. The van der Waals surface area contributed by atoms with Crippen LogP contribution in [0.2, 0.25) is 0 Å². The number of rotatable bonds is 2. The van der Waals surface area contributed by atoms with Gasteiger partial charge in [0.1, 0.15) is 5.60 Å². The Hall–Kier alpha value is -1.52. The van der Waals surface area contributed by atoms with Crippen molar-refractivity contribution in [2.45, 2.75) is 44.8 Å². The Labute approximate surface area is 108 Å². The summed E-state index contributed by atoms with van der Waals surface area (Å²) in [4.78, 5) is 25.4. The molecule has 1 atom stereocenters. The summed E-state index contributed by atoms with van der Waals surface area (Å²) in [6.07, 6.45) is 2.20. The molecule has 5 nitrogen and oxygen atoms in total. The maximum Gasteiger partial charge on any atom is 0.411 e. The second-order valence-electron chi connectivity index (χ2n) is 5.36. The maximum absolute atomic E-state index is 12.1. The highest BCUT2D eigenvalue weighted by atomic mass is 16.6. The molecule has 0 aromatic rings. The first kappa shape index (κ1) is 14.5. The van der Waals surface area contributed by atoms with Crippen molar-refractivity contribution in [1.82, 2.24) is 4.90 Å². The van der Waals surface area contributed by atoms with E-state index in [9.17, 15) is 9.59 Å². The third-order valence-electron chi connectivity index (χ3n) is 2.91. The van der Waals surface area contributed by atoms with Crippen molar-refractivity contribution in [2.24, 2.45) is 0 Å². The SMILES string of the molecule is C=C[C@]1(C(=O)OC)CCCN1C(=O)OC(C)(C)C. The Morgan fingerprint density at radius 1 is 1.39 bits per heavy atom. The fourth-order valence-electron chi connectivity index (χ4n) is 2.10. The Balaban J connectivity index is 2.96. The van der Waals surface area contributed by atoms with Crippen LogP contribution < -0.4 is 0 Å². The van der Waals surface area contributed by atoms with Crippen molar-refractivity contribution in [3.63, 3.8) is 0 Å². The predicted molar refractivity (Wildman–Crippen MR) is 67.1 cm³/mol. The molecule has 0 aromatic carbocycles. The van der Waals surface area contributed by atoms with Crippen molar-refractivity contribution in [1.29, 1.82) is 0 Å². The molecule has 0 N–H and O–H groups in total. The first-order valence-electron chi connectivity index (χ1n) is 5.99. The van der Waals surface area contributed by atoms with Crippen molar-refractivity contribution >= 4 is 12.1 Å². The molecule has 0 saturated carbocycles. The van der Waals surface area contributed by atoms with Gasteiger partial charge in [-0.15, -0.1) is 6.58 Å². The molecule has 18 heavy (non-hydrogen) atoms. The number of amides is 1. The van der Waals surface area contributed by atoms with E-state index < -0.39 is 23.2 Å². The smallest absolute Gasteiger partial charge is 0.411 e. The number of carbonyl (C=O) groups excluding carboxylic acids is 2. The summed E-state index contributed by atoms with van der Waals surface area (Å²) in [6, 6.07) is 0. The van der Waals surface area contributed by atoms with Crippen LogP contribution in [-0.4, -0.2) is 41.8 Å². The van der Waals surface area contributed by atoms with Crippen molar-refractivity contribution < 1.29 is 19.1 Å². The van der Waals surface area contributed by atoms with E-state index in [1.54, 1.807) is 20.8 Å². The highest BCUT2D eigenvalue weighted by molar-refractivity contribution is 5.88. The Morgan fingerprint density at radius 2 is 2.00 bits per heavy atom. The molecule has 1 fully saturated rings. The topological polar surface area (TPSA) is 55.8 Å². The monoisotopic (exact) mass is 255 g/mol. The number of nitrogens with zero attached hydrogens (tertiary/aromatic N) is 1. The first-order chi connectivity index (χ1) is 8.27. The second-order valence-corrected chi connectivity index (χ2v) is 5.36. The van der Waals surface area contributed by atoms with Crippen LogP contribution in [-0.2, 0) is 14.3 Å². The van der Waals surface area contributed by atoms with Crippen LogP contribution in [0.4, 0.5) is 4.79 Å². The molecule has 1 rings (SSSR count). The maximum atomic E-state index is 12.1. The lowest BCUT2D eigenvalue weighted by molar-refractivity contribution is -0.150. The van der Waals surface area contributed by atoms with E-state index in [4.69, 9.17) is 9.47 Å². The van der Waals surface area contributed by atoms with Crippen LogP contribution in [0.15, 0.2) is 12.7 Å². The van der Waals surface area contributed by atoms with Crippen LogP contribution in [0.3, 0.4) is 0 Å². The van der Waals surface area contributed by atoms with Gasteiger partial charge >= 0.3 is 12.1 Å². The van der Waals surface area contributed by atoms with Gasteiger partial charge < -0.3 is 9.47 Å². The summed E-state index contributed by atoms with van der Waals surface area (Å²) in [7, 11) is 1.30. The van der Waals surface area contributed by atoms with E-state index in [2.05, 4.69) is 6.58 Å². The third-order valence-corrected chi connectivity index (χ3v) is 2.91. The van der Waals surface area contributed by atoms with E-state index in [0.717, 1.165) is 6.42 Å². The Kier molecular flexibility index (Phi) is 4.04. The molecule has 0 unspecified atom stereocenters. The molecule has 0 aromatic heterocycles. The fraction of sp³-hybridized carbons (Fsp3) is 0.692. The van der Waals surface area contributed by atoms with Crippen LogP contribution in [0.1, 0.15) is 33.6 Å². The molecule has 0 spiro atoms. The molecule has 0 bridgehead atoms. The summed E-state index contributed by atoms with van der Waals surface area (Å²) in [5, 5.41) is 0. The molecule has 1 saturated heterocycles. The number of hydrogen-bond acceptors (Lipinski definition) is 4. The lowest BCUT2D eigenvalue weighted by Gasteiger charge is -2.34. The van der Waals surface area contributed by atoms with Gasteiger partial charge in [0, 0.05) is 6.54 Å². The lowest BCUT2D eigenvalue weighted by atomic mass is 9.97. The van der Waals surface area contributed by atoms with Gasteiger partial charge in [-0.05, 0) is 33.6 Å². The number of hydrogen-bond donors (Lipinski definition) is 0. The van der Waals surface area contributed by atoms with Gasteiger partial charge in [-0.1, -0.05) is 6.08 Å². The quantitative estimate of drug-likeness (QED) is 0.560. The van der Waals surface area contributed by atoms with E-state index in [1.165, 1.54) is 18.1 Å². The van der Waals surface area contributed by atoms with Gasteiger partial charge in [0.05, 0.1) is 7.11 Å². The molecule has 5 heteroatoms. The lowest BCUT2D eigenvalue weighted by Crippen LogP contribution is -2.53. The van der Waals surface area contributed by atoms with Gasteiger partial charge in [0.2, 0.25) is 0 Å². The molecule has 1 aliphatic rings. The Bertz CT molecular complexity index is 358. The second kappa shape index (κ2) is 5.00. The summed E-state index contributed by atoms with van der Waals surface area (Å²) in [6.45, 7) is 9.49. The van der Waals surface area contributed by atoms with Crippen molar-refractivity contribution in [3.05, 3.63) is 12.7 Å². The predicted octanol–water partition coefficient (Wildman–Crippen LogP) is 2.12. The average molecular weight is 255 g/mol. The van der Waals surface area contributed by atoms with Gasteiger partial charge in [-0.25, -0.2) is 9.59 Å². The van der Waals surface area contributed by atoms with Crippen molar-refractivity contribution in [2.75, 3.05) is 13.7 Å². The number of carbonyl (C=O) groups is 2. The highest BCUT2D eigenvalue weighted by Gasteiger charge is 2.49. The van der Waals surface area contributed by atoms with E-state index >= 15 is 0 Å². The fourth-order valence-corrected chi connectivity index (χ4v) is 2.10. The summed E-state index contributed by atoms with van der Waals surface area (Å²) < 4.78 is 10.1. The number of methoxy groups -OCH3 is 1. The zero-order valence-corrected chi connectivity index (χ0v) is 11.5. The van der Waals surface area contributed by atoms with Crippen LogP contribution in [0.5, 0.6) is 0 Å².